The van der Waals surface area contributed by atoms with Crippen molar-refractivity contribution in [2.45, 2.75) is 43.3 Å². The number of allylic oxidation sites excluding steroid dienone is 1. The summed E-state index contributed by atoms with van der Waals surface area (Å²) in [6.45, 7) is 11.6. The van der Waals surface area contributed by atoms with Crippen LogP contribution in [0.5, 0.6) is 0 Å². The first kappa shape index (κ1) is 13.5. The van der Waals surface area contributed by atoms with Gasteiger partial charge in [-0.3, -0.25) is 4.98 Å². The molecule has 0 amide bonds. The maximum atomic E-state index is 4.06. The highest BCUT2D eigenvalue weighted by Crippen LogP contribution is 2.30. The average Bonchev–Trinajstić information content (AvgIpc) is 2.16. The van der Waals surface area contributed by atoms with Crippen LogP contribution in [-0.4, -0.2) is 17.9 Å². The van der Waals surface area contributed by atoms with E-state index in [1.807, 2.05) is 24.2 Å². The van der Waals surface area contributed by atoms with Gasteiger partial charge in [-0.25, -0.2) is 0 Å². The lowest BCUT2D eigenvalue weighted by Crippen LogP contribution is -2.34. The minimum atomic E-state index is -1.17. The van der Waals surface area contributed by atoms with Crippen LogP contribution < -0.4 is 0 Å². The molecule has 1 aromatic heterocycles. The molecule has 0 aliphatic heterocycles. The largest absolute Gasteiger partial charge is 0.265 e. The van der Waals surface area contributed by atoms with E-state index in [0.29, 0.717) is 4.87 Å². The fraction of sp³-hybridized carbons (Fsp3) is 0.462. The highest BCUT2D eigenvalue weighted by atomic mass is 32.2. The molecule has 0 aliphatic carbocycles. The quantitative estimate of drug-likeness (QED) is 0.447. The van der Waals surface area contributed by atoms with Crippen LogP contribution in [0.4, 0.5) is 0 Å². The van der Waals surface area contributed by atoms with Gasteiger partial charge in [0.25, 0.3) is 0 Å². The maximum Gasteiger partial charge on any atom is 0.0639 e. The summed E-state index contributed by atoms with van der Waals surface area (Å²) in [5.74, 6) is 0. The molecule has 16 heavy (non-hydrogen) atoms. The SMILES string of the molecule is CC(C)=CC(Sc1ccncc1)[Si](C)(C)C. The number of rotatable bonds is 4. The first-order valence-electron chi connectivity index (χ1n) is 5.61. The zero-order valence-electron chi connectivity index (χ0n) is 10.8. The van der Waals surface area contributed by atoms with Gasteiger partial charge in [0.1, 0.15) is 0 Å². The molecule has 3 heteroatoms. The molecule has 1 atom stereocenters. The molecule has 0 aliphatic rings. The Morgan fingerprint density at radius 3 is 2.25 bits per heavy atom. The van der Waals surface area contributed by atoms with E-state index in [2.05, 4.69) is 56.7 Å². The summed E-state index contributed by atoms with van der Waals surface area (Å²) >= 11 is 1.97. The summed E-state index contributed by atoms with van der Waals surface area (Å²) < 4.78 is 0. The molecule has 1 aromatic rings. The van der Waals surface area contributed by atoms with Crippen LogP contribution in [0.3, 0.4) is 0 Å². The number of thioether (sulfide) groups is 1. The van der Waals surface area contributed by atoms with Gasteiger partial charge < -0.3 is 0 Å². The fourth-order valence-electron chi connectivity index (χ4n) is 1.33. The third-order valence-electron chi connectivity index (χ3n) is 2.25. The van der Waals surface area contributed by atoms with Crippen LogP contribution in [0.15, 0.2) is 41.1 Å². The Morgan fingerprint density at radius 1 is 1.25 bits per heavy atom. The van der Waals surface area contributed by atoms with Crippen molar-refractivity contribution < 1.29 is 0 Å². The van der Waals surface area contributed by atoms with Gasteiger partial charge in [0.2, 0.25) is 0 Å². The second kappa shape index (κ2) is 5.69. The van der Waals surface area contributed by atoms with Gasteiger partial charge >= 0.3 is 0 Å². The van der Waals surface area contributed by atoms with E-state index in [-0.39, 0.29) is 0 Å². The third-order valence-corrected chi connectivity index (χ3v) is 7.53. The van der Waals surface area contributed by atoms with Crippen molar-refractivity contribution in [3.05, 3.63) is 36.2 Å². The van der Waals surface area contributed by atoms with E-state index in [9.17, 15) is 0 Å². The summed E-state index contributed by atoms with van der Waals surface area (Å²) in [7, 11) is -1.17. The van der Waals surface area contributed by atoms with Crippen molar-refractivity contribution in [2.75, 3.05) is 0 Å². The fourth-order valence-corrected chi connectivity index (χ4v) is 4.90. The number of hydrogen-bond acceptors (Lipinski definition) is 2. The molecule has 0 saturated carbocycles. The van der Waals surface area contributed by atoms with E-state index < -0.39 is 8.07 Å². The van der Waals surface area contributed by atoms with Gasteiger partial charge in [-0.1, -0.05) is 31.3 Å². The predicted molar refractivity (Wildman–Crippen MR) is 76.7 cm³/mol. The van der Waals surface area contributed by atoms with Crippen molar-refractivity contribution in [3.63, 3.8) is 0 Å². The molecule has 1 nitrogen and oxygen atoms in total. The van der Waals surface area contributed by atoms with Gasteiger partial charge in [-0.05, 0) is 26.0 Å². The Kier molecular flexibility index (Phi) is 4.81. The van der Waals surface area contributed by atoms with Crippen LogP contribution >= 0.6 is 11.8 Å². The van der Waals surface area contributed by atoms with Crippen LogP contribution in [0.2, 0.25) is 19.6 Å². The lowest BCUT2D eigenvalue weighted by Gasteiger charge is -2.26. The second-order valence-corrected chi connectivity index (χ2v) is 12.3. The van der Waals surface area contributed by atoms with Crippen LogP contribution in [-0.2, 0) is 0 Å². The van der Waals surface area contributed by atoms with Crippen LogP contribution in [0.1, 0.15) is 13.8 Å². The summed E-state index contributed by atoms with van der Waals surface area (Å²) in [6, 6.07) is 4.19. The van der Waals surface area contributed by atoms with Gasteiger partial charge in [-0.15, -0.1) is 11.8 Å². The van der Waals surface area contributed by atoms with E-state index in [4.69, 9.17) is 0 Å². The molecule has 1 heterocycles. The van der Waals surface area contributed by atoms with Crippen molar-refractivity contribution in [1.29, 1.82) is 0 Å². The summed E-state index contributed by atoms with van der Waals surface area (Å²) in [4.78, 5) is 6.02. The van der Waals surface area contributed by atoms with Crippen LogP contribution in [0.25, 0.3) is 0 Å². The van der Waals surface area contributed by atoms with Gasteiger partial charge in [-0.2, -0.15) is 0 Å². The molecule has 0 bridgehead atoms. The first-order chi connectivity index (χ1) is 7.39. The lowest BCUT2D eigenvalue weighted by molar-refractivity contribution is 1.25. The van der Waals surface area contributed by atoms with E-state index in [0.717, 1.165) is 0 Å². The number of aromatic nitrogens is 1. The highest BCUT2D eigenvalue weighted by molar-refractivity contribution is 8.01. The molecule has 0 radical (unpaired) electrons. The van der Waals surface area contributed by atoms with Crippen molar-refractivity contribution in [1.82, 2.24) is 4.98 Å². The molecule has 0 aromatic carbocycles. The molecular formula is C13H21NSSi. The summed E-state index contributed by atoms with van der Waals surface area (Å²) in [5.41, 5.74) is 1.41. The van der Waals surface area contributed by atoms with E-state index >= 15 is 0 Å². The van der Waals surface area contributed by atoms with Gasteiger partial charge in [0.15, 0.2) is 0 Å². The Hall–Kier alpha value is -0.543. The molecule has 1 unspecified atom stereocenters. The maximum absolute atomic E-state index is 4.06. The molecule has 0 saturated heterocycles. The molecule has 0 spiro atoms. The number of nitrogens with zero attached hydrogens (tertiary/aromatic N) is 1. The Bertz CT molecular complexity index is 350. The summed E-state index contributed by atoms with van der Waals surface area (Å²) in [6.07, 6.45) is 6.15. The zero-order chi connectivity index (χ0) is 12.2. The van der Waals surface area contributed by atoms with Crippen molar-refractivity contribution in [2.24, 2.45) is 0 Å². The Morgan fingerprint density at radius 2 is 1.81 bits per heavy atom. The molecule has 1 rings (SSSR count). The second-order valence-electron chi connectivity index (χ2n) is 5.33. The van der Waals surface area contributed by atoms with Gasteiger partial charge in [0, 0.05) is 22.2 Å². The first-order valence-corrected chi connectivity index (χ1v) is 10.1. The zero-order valence-corrected chi connectivity index (χ0v) is 12.6. The molecule has 0 N–H and O–H groups in total. The van der Waals surface area contributed by atoms with Crippen molar-refractivity contribution in [3.8, 4) is 0 Å². The minimum absolute atomic E-state index is 0.639. The Balaban J connectivity index is 2.84. The molecule has 0 fully saturated rings. The highest BCUT2D eigenvalue weighted by Gasteiger charge is 2.25. The van der Waals surface area contributed by atoms with Crippen LogP contribution in [0, 0.1) is 0 Å². The smallest absolute Gasteiger partial charge is 0.0639 e. The summed E-state index contributed by atoms with van der Waals surface area (Å²) in [5, 5.41) is 0. The predicted octanol–water partition coefficient (Wildman–Crippen LogP) is 4.39. The Labute approximate surface area is 104 Å². The van der Waals surface area contributed by atoms with E-state index in [1.54, 1.807) is 0 Å². The average molecular weight is 251 g/mol. The number of hydrogen-bond donors (Lipinski definition) is 0. The lowest BCUT2D eigenvalue weighted by atomic mass is 10.3. The topological polar surface area (TPSA) is 12.9 Å². The normalized spacial score (nSPS) is 13.3. The molecular weight excluding hydrogens is 230 g/mol. The van der Waals surface area contributed by atoms with Gasteiger partial charge in [0.05, 0.1) is 8.07 Å². The van der Waals surface area contributed by atoms with Crippen molar-refractivity contribution >= 4 is 19.8 Å². The molecule has 88 valence electrons. The van der Waals surface area contributed by atoms with E-state index in [1.165, 1.54) is 10.5 Å². The minimum Gasteiger partial charge on any atom is -0.265 e. The number of pyridine rings is 1. The monoisotopic (exact) mass is 251 g/mol. The standard InChI is InChI=1S/C13H21NSSi/c1-11(2)10-13(16(3,4)5)15-12-6-8-14-9-7-12/h6-10,13H,1-5H3. The third kappa shape index (κ3) is 4.54.